The Kier molecular flexibility index (Phi) is 11.0. The lowest BCUT2D eigenvalue weighted by Crippen LogP contribution is -2.54. The first-order valence-corrected chi connectivity index (χ1v) is 38.1. The summed E-state index contributed by atoms with van der Waals surface area (Å²) in [7, 11) is -8.76. The Morgan fingerprint density at radius 1 is 0.513 bits per heavy atom. The quantitative estimate of drug-likeness (QED) is 0.180. The predicted octanol–water partition coefficient (Wildman–Crippen LogP) is 10.7. The highest BCUT2D eigenvalue weighted by molar-refractivity contribution is 8.27. The van der Waals surface area contributed by atoms with Gasteiger partial charge in [0.25, 0.3) is 0 Å². The second-order valence-corrected chi connectivity index (χ2v) is 54.0. The minimum absolute atomic E-state index is 0.622. The summed E-state index contributed by atoms with van der Waals surface area (Å²) in [5, 5.41) is 2.37. The van der Waals surface area contributed by atoms with Crippen LogP contribution < -0.4 is 5.46 Å². The second-order valence-electron chi connectivity index (χ2n) is 19.1. The average molecular weight is 649 g/mol. The molecule has 0 amide bonds. The molecular formula is C31H65BSSi6. The summed E-state index contributed by atoms with van der Waals surface area (Å²) in [6.45, 7) is 48.2. The van der Waals surface area contributed by atoms with Crippen molar-refractivity contribution in [2.24, 2.45) is 0 Å². The molecule has 1 aliphatic heterocycles. The number of hydrogen-bond donors (Lipinski definition) is 0. The minimum Gasteiger partial charge on any atom is -0.199 e. The number of hydrogen-bond acceptors (Lipinski definition) is 1. The van der Waals surface area contributed by atoms with Crippen molar-refractivity contribution in [2.45, 2.75) is 140 Å². The molecular weight excluding hydrogens is 584 g/mol. The smallest absolute Gasteiger partial charge is 0.199 e. The zero-order chi connectivity index (χ0) is 30.6. The monoisotopic (exact) mass is 648 g/mol. The molecule has 0 saturated heterocycles. The van der Waals surface area contributed by atoms with E-state index in [9.17, 15) is 0 Å². The van der Waals surface area contributed by atoms with Crippen LogP contribution in [0.2, 0.25) is 124 Å². The van der Waals surface area contributed by atoms with Gasteiger partial charge in [0.2, 0.25) is 5.99 Å². The first-order valence-electron chi connectivity index (χ1n) is 15.6. The Labute approximate surface area is 256 Å². The van der Waals surface area contributed by atoms with Gasteiger partial charge in [-0.2, -0.15) is 11.6 Å². The molecule has 0 saturated carbocycles. The third-order valence-electron chi connectivity index (χ3n) is 8.65. The van der Waals surface area contributed by atoms with Gasteiger partial charge in [0.1, 0.15) is 0 Å². The normalized spacial score (nSPS) is 16.7. The van der Waals surface area contributed by atoms with Gasteiger partial charge in [-0.1, -0.05) is 159 Å². The van der Waals surface area contributed by atoms with Gasteiger partial charge < -0.3 is 0 Å². The van der Waals surface area contributed by atoms with Gasteiger partial charge in [0, 0.05) is 54.2 Å². The maximum absolute atomic E-state index is 2.88. The van der Waals surface area contributed by atoms with E-state index in [1.807, 2.05) is 16.6 Å². The van der Waals surface area contributed by atoms with Crippen molar-refractivity contribution >= 4 is 71.5 Å². The molecule has 222 valence electrons. The van der Waals surface area contributed by atoms with Crippen molar-refractivity contribution < 1.29 is 0 Å². The fraction of sp³-hybridized carbons (Fsp3) is 0.742. The van der Waals surface area contributed by atoms with Crippen LogP contribution in [0.4, 0.5) is 0 Å². The number of rotatable bonds is 10. The van der Waals surface area contributed by atoms with Crippen LogP contribution in [0, 0.1) is 0 Å². The largest absolute Gasteiger partial charge is 0.246 e. The van der Waals surface area contributed by atoms with E-state index >= 15 is 0 Å². The van der Waals surface area contributed by atoms with Crippen molar-refractivity contribution in [1.82, 2.24) is 0 Å². The lowest BCUT2D eigenvalue weighted by atomic mass is 9.61. The molecule has 8 heteroatoms. The third-order valence-corrected chi connectivity index (χ3v) is 37.8. The van der Waals surface area contributed by atoms with Crippen LogP contribution in [0.3, 0.4) is 0 Å². The van der Waals surface area contributed by atoms with E-state index in [0.29, 0.717) is 5.99 Å². The Morgan fingerprint density at radius 2 is 0.846 bits per heavy atom. The van der Waals surface area contributed by atoms with Gasteiger partial charge in [0.15, 0.2) is 0 Å². The first-order chi connectivity index (χ1) is 17.2. The SMILES string of the molecule is C[Si](C)(C)C(c1cc(C([Si](C)(C)C)[Si](C)(C)C)c(B2CC=CCS2)c(C([Si](C)(C)C)[Si](C)(C)C)c1)[Si](C)(C)C. The van der Waals surface area contributed by atoms with Crippen molar-refractivity contribution in [1.29, 1.82) is 0 Å². The molecule has 1 aromatic carbocycles. The molecule has 0 N–H and O–H groups in total. The van der Waals surface area contributed by atoms with E-state index in [4.69, 9.17) is 0 Å². The van der Waals surface area contributed by atoms with Crippen molar-refractivity contribution in [2.75, 3.05) is 5.75 Å². The molecule has 0 bridgehead atoms. The van der Waals surface area contributed by atoms with Crippen LogP contribution in [0.15, 0.2) is 24.3 Å². The van der Waals surface area contributed by atoms with Gasteiger partial charge >= 0.3 is 0 Å². The van der Waals surface area contributed by atoms with Crippen molar-refractivity contribution in [3.63, 3.8) is 0 Å². The molecule has 0 aliphatic carbocycles. The summed E-state index contributed by atoms with van der Waals surface area (Å²) in [4.78, 5) is 0. The Morgan fingerprint density at radius 3 is 1.10 bits per heavy atom. The van der Waals surface area contributed by atoms with Gasteiger partial charge in [-0.25, -0.2) is 0 Å². The molecule has 0 fully saturated rings. The van der Waals surface area contributed by atoms with Gasteiger partial charge in [-0.15, -0.1) is 0 Å². The summed E-state index contributed by atoms with van der Waals surface area (Å²) >= 11 is 2.24. The zero-order valence-electron chi connectivity index (χ0n) is 29.4. The molecule has 0 radical (unpaired) electrons. The molecule has 1 aliphatic rings. The highest BCUT2D eigenvalue weighted by Gasteiger charge is 2.47. The summed E-state index contributed by atoms with van der Waals surface area (Å²) in [5.41, 5.74) is 7.29. The van der Waals surface area contributed by atoms with Gasteiger partial charge in [-0.05, 0) is 27.4 Å². The summed E-state index contributed by atoms with van der Waals surface area (Å²) in [6.07, 6.45) is 6.14. The molecule has 0 spiro atoms. The number of allylic oxidation sites excluding steroid dienone is 1. The Balaban J connectivity index is 3.26. The standard InChI is InChI=1S/C31H65BSSi6/c1-34(2,3)29(35(4,5)6)25-23-26(30(36(7,8)9)37(10,11)12)28(32-21-19-20-22-33-32)27(24-25)31(38(13,14)15)39(16,17)18/h19-20,23-24,29-31H,21-22H2,1-18H3. The molecule has 1 aromatic rings. The van der Waals surface area contributed by atoms with E-state index in [1.54, 1.807) is 5.56 Å². The lowest BCUT2D eigenvalue weighted by Gasteiger charge is -2.46. The summed E-state index contributed by atoms with van der Waals surface area (Å²) in [5.74, 6) is 1.80. The third kappa shape index (κ3) is 8.85. The first kappa shape index (κ1) is 35.9. The molecule has 1 heterocycles. The highest BCUT2D eigenvalue weighted by Crippen LogP contribution is 2.45. The molecule has 0 unspecified atom stereocenters. The maximum atomic E-state index is 2.88. The predicted molar refractivity (Wildman–Crippen MR) is 207 cm³/mol. The highest BCUT2D eigenvalue weighted by atomic mass is 32.2. The van der Waals surface area contributed by atoms with Crippen LogP contribution in [0.1, 0.15) is 32.2 Å². The number of benzene rings is 1. The van der Waals surface area contributed by atoms with Crippen LogP contribution in [-0.4, -0.2) is 60.2 Å². The van der Waals surface area contributed by atoms with Crippen molar-refractivity contribution in [3.8, 4) is 0 Å². The van der Waals surface area contributed by atoms with Crippen LogP contribution in [0.5, 0.6) is 0 Å². The van der Waals surface area contributed by atoms with Crippen LogP contribution in [0.25, 0.3) is 0 Å². The zero-order valence-corrected chi connectivity index (χ0v) is 36.3. The van der Waals surface area contributed by atoms with E-state index in [1.165, 1.54) is 12.1 Å². The molecule has 0 aromatic heterocycles. The fourth-order valence-corrected chi connectivity index (χ4v) is 48.6. The fourth-order valence-electron chi connectivity index (χ4n) is 9.23. The Hall–Kier alpha value is 0.676. The molecule has 0 nitrogen and oxygen atoms in total. The van der Waals surface area contributed by atoms with Gasteiger partial charge in [0.05, 0.1) is 0 Å². The van der Waals surface area contributed by atoms with Crippen LogP contribution >= 0.6 is 11.6 Å². The van der Waals surface area contributed by atoms with Gasteiger partial charge in [-0.3, -0.25) is 0 Å². The van der Waals surface area contributed by atoms with E-state index in [2.05, 4.69) is 154 Å². The maximum Gasteiger partial charge on any atom is 0.246 e. The molecule has 0 atom stereocenters. The summed E-state index contributed by atoms with van der Waals surface area (Å²) < 4.78 is 0. The summed E-state index contributed by atoms with van der Waals surface area (Å²) in [6, 6.07) is 5.76. The van der Waals surface area contributed by atoms with E-state index < -0.39 is 48.4 Å². The lowest BCUT2D eigenvalue weighted by molar-refractivity contribution is 1.10. The second kappa shape index (κ2) is 12.0. The van der Waals surface area contributed by atoms with E-state index in [0.717, 1.165) is 15.5 Å². The molecule has 39 heavy (non-hydrogen) atoms. The van der Waals surface area contributed by atoms with Crippen molar-refractivity contribution in [3.05, 3.63) is 41.0 Å². The van der Waals surface area contributed by atoms with E-state index in [-0.39, 0.29) is 0 Å². The topological polar surface area (TPSA) is 0 Å². The average Bonchev–Trinajstić information content (AvgIpc) is 2.61. The minimum atomic E-state index is -1.48. The van der Waals surface area contributed by atoms with Crippen LogP contribution in [-0.2, 0) is 0 Å². The Bertz CT molecular complexity index is 931. The molecule has 2 rings (SSSR count).